The lowest BCUT2D eigenvalue weighted by atomic mass is 10.2. The van der Waals surface area contributed by atoms with Gasteiger partial charge in [0, 0.05) is 23.6 Å². The van der Waals surface area contributed by atoms with Crippen molar-refractivity contribution in [3.8, 4) is 6.01 Å². The van der Waals surface area contributed by atoms with Crippen LogP contribution in [-0.2, 0) is 0 Å². The maximum absolute atomic E-state index is 5.65. The van der Waals surface area contributed by atoms with Crippen molar-refractivity contribution in [1.82, 2.24) is 15.0 Å². The van der Waals surface area contributed by atoms with Crippen LogP contribution in [0.15, 0.2) is 0 Å². The second kappa shape index (κ2) is 4.95. The highest BCUT2D eigenvalue weighted by molar-refractivity contribution is 8.00. The van der Waals surface area contributed by atoms with Crippen LogP contribution in [0.5, 0.6) is 6.01 Å². The molecule has 1 aliphatic rings. The third-order valence-corrected chi connectivity index (χ3v) is 4.28. The van der Waals surface area contributed by atoms with E-state index in [2.05, 4.69) is 33.7 Å². The molecule has 0 bridgehead atoms. The Kier molecular flexibility index (Phi) is 3.56. The fraction of sp³-hybridized carbons (Fsp3) is 0.700. The molecule has 0 spiro atoms. The van der Waals surface area contributed by atoms with Gasteiger partial charge in [0.1, 0.15) is 0 Å². The smallest absolute Gasteiger partial charge is 0.322 e. The number of rotatable bonds is 2. The first kappa shape index (κ1) is 12.2. The van der Waals surface area contributed by atoms with Crippen LogP contribution >= 0.6 is 11.8 Å². The molecule has 6 nitrogen and oxygen atoms in total. The summed E-state index contributed by atoms with van der Waals surface area (Å²) in [5.74, 6) is 1.87. The molecule has 7 heteroatoms. The van der Waals surface area contributed by atoms with Gasteiger partial charge in [-0.2, -0.15) is 26.7 Å². The number of hydrogen-bond acceptors (Lipinski definition) is 7. The topological polar surface area (TPSA) is 77.2 Å². The summed E-state index contributed by atoms with van der Waals surface area (Å²) in [6.45, 7) is 5.30. The molecule has 0 aromatic carbocycles. The average Bonchev–Trinajstić information content (AvgIpc) is 2.31. The highest BCUT2D eigenvalue weighted by Crippen LogP contribution is 2.27. The summed E-state index contributed by atoms with van der Waals surface area (Å²) in [6.07, 6.45) is 0. The number of ether oxygens (including phenoxy) is 1. The van der Waals surface area contributed by atoms with E-state index >= 15 is 0 Å². The van der Waals surface area contributed by atoms with E-state index in [1.54, 1.807) is 0 Å². The second-order valence-corrected chi connectivity index (χ2v) is 5.48. The lowest BCUT2D eigenvalue weighted by molar-refractivity contribution is 0.378. The molecule has 2 atom stereocenters. The monoisotopic (exact) mass is 255 g/mol. The van der Waals surface area contributed by atoms with Crippen LogP contribution in [0.25, 0.3) is 0 Å². The Morgan fingerprint density at radius 1 is 1.35 bits per heavy atom. The molecule has 0 radical (unpaired) electrons. The van der Waals surface area contributed by atoms with Crippen LogP contribution in [0, 0.1) is 0 Å². The van der Waals surface area contributed by atoms with Gasteiger partial charge in [-0.15, -0.1) is 0 Å². The van der Waals surface area contributed by atoms with Gasteiger partial charge in [-0.25, -0.2) is 0 Å². The van der Waals surface area contributed by atoms with E-state index in [0.717, 1.165) is 12.3 Å². The summed E-state index contributed by atoms with van der Waals surface area (Å²) < 4.78 is 5.01. The molecule has 94 valence electrons. The zero-order valence-electron chi connectivity index (χ0n) is 10.3. The minimum atomic E-state index is 0.199. The quantitative estimate of drug-likeness (QED) is 0.837. The molecule has 2 unspecified atom stereocenters. The van der Waals surface area contributed by atoms with E-state index in [-0.39, 0.29) is 12.0 Å². The molecular weight excluding hydrogens is 238 g/mol. The summed E-state index contributed by atoms with van der Waals surface area (Å²) in [5.41, 5.74) is 5.65. The molecule has 17 heavy (non-hydrogen) atoms. The average molecular weight is 255 g/mol. The molecule has 1 aromatic heterocycles. The third-order valence-electron chi connectivity index (χ3n) is 2.94. The molecular formula is C10H17N5OS. The van der Waals surface area contributed by atoms with Gasteiger partial charge in [-0.1, -0.05) is 6.92 Å². The van der Waals surface area contributed by atoms with Crippen LogP contribution in [0.1, 0.15) is 13.8 Å². The molecule has 1 saturated heterocycles. The predicted octanol–water partition coefficient (Wildman–Crippen LogP) is 0.793. The number of nitrogens with two attached hydrogens (primary N) is 1. The van der Waals surface area contributed by atoms with Crippen molar-refractivity contribution in [1.29, 1.82) is 0 Å². The molecule has 1 fully saturated rings. The first-order valence-electron chi connectivity index (χ1n) is 5.55. The standard InChI is InChI=1S/C10H17N5OS/c1-6-7(2)17-5-4-15(6)9-12-8(11)13-10(14-9)16-3/h6-7H,4-5H2,1-3H3,(H2,11,12,13,14). The van der Waals surface area contributed by atoms with Crippen molar-refractivity contribution in [2.75, 3.05) is 30.0 Å². The first-order chi connectivity index (χ1) is 8.11. The van der Waals surface area contributed by atoms with Crippen LogP contribution in [0.4, 0.5) is 11.9 Å². The van der Waals surface area contributed by atoms with E-state index in [4.69, 9.17) is 10.5 Å². The van der Waals surface area contributed by atoms with Gasteiger partial charge in [0.15, 0.2) is 0 Å². The molecule has 2 heterocycles. The summed E-state index contributed by atoms with van der Waals surface area (Å²) >= 11 is 1.96. The molecule has 0 amide bonds. The Bertz CT molecular complexity index is 402. The van der Waals surface area contributed by atoms with Gasteiger partial charge in [-0.3, -0.25) is 0 Å². The highest BCUT2D eigenvalue weighted by atomic mass is 32.2. The molecule has 0 aliphatic carbocycles. The number of hydrogen-bond donors (Lipinski definition) is 1. The van der Waals surface area contributed by atoms with E-state index in [1.807, 2.05) is 11.8 Å². The molecule has 2 N–H and O–H groups in total. The van der Waals surface area contributed by atoms with Gasteiger partial charge < -0.3 is 15.4 Å². The zero-order chi connectivity index (χ0) is 12.4. The van der Waals surface area contributed by atoms with Crippen molar-refractivity contribution in [2.24, 2.45) is 0 Å². The predicted molar refractivity (Wildman–Crippen MR) is 69.5 cm³/mol. The fourth-order valence-electron chi connectivity index (χ4n) is 1.80. The van der Waals surface area contributed by atoms with Crippen LogP contribution in [-0.4, -0.2) is 45.7 Å². The summed E-state index contributed by atoms with van der Waals surface area (Å²) in [4.78, 5) is 14.5. The van der Waals surface area contributed by atoms with Gasteiger partial charge in [0.05, 0.1) is 7.11 Å². The SMILES string of the molecule is COc1nc(N)nc(N2CCSC(C)C2C)n1. The Morgan fingerprint density at radius 2 is 2.12 bits per heavy atom. The van der Waals surface area contributed by atoms with Gasteiger partial charge in [0.25, 0.3) is 0 Å². The number of nitrogens with zero attached hydrogens (tertiary/aromatic N) is 4. The van der Waals surface area contributed by atoms with Crippen LogP contribution < -0.4 is 15.4 Å². The Labute approximate surface area is 105 Å². The molecule has 1 aromatic rings. The van der Waals surface area contributed by atoms with Gasteiger partial charge >= 0.3 is 6.01 Å². The maximum atomic E-state index is 5.65. The largest absolute Gasteiger partial charge is 0.467 e. The lowest BCUT2D eigenvalue weighted by Gasteiger charge is -2.37. The fourth-order valence-corrected chi connectivity index (χ4v) is 2.90. The van der Waals surface area contributed by atoms with Crippen molar-refractivity contribution < 1.29 is 4.74 Å². The van der Waals surface area contributed by atoms with E-state index < -0.39 is 0 Å². The highest BCUT2D eigenvalue weighted by Gasteiger charge is 2.27. The number of anilines is 2. The number of nitrogen functional groups attached to an aromatic ring is 1. The second-order valence-electron chi connectivity index (χ2n) is 3.99. The minimum absolute atomic E-state index is 0.199. The number of thioether (sulfide) groups is 1. The Balaban J connectivity index is 2.29. The first-order valence-corrected chi connectivity index (χ1v) is 6.60. The Morgan fingerprint density at radius 3 is 2.82 bits per heavy atom. The summed E-state index contributed by atoms with van der Waals surface area (Å²) in [7, 11) is 1.52. The van der Waals surface area contributed by atoms with Crippen LogP contribution in [0.3, 0.4) is 0 Å². The van der Waals surface area contributed by atoms with Crippen molar-refractivity contribution in [3.05, 3.63) is 0 Å². The summed E-state index contributed by atoms with van der Waals surface area (Å²) in [6, 6.07) is 0.644. The molecule has 1 aliphatic heterocycles. The van der Waals surface area contributed by atoms with Crippen molar-refractivity contribution >= 4 is 23.7 Å². The van der Waals surface area contributed by atoms with Crippen LogP contribution in [0.2, 0.25) is 0 Å². The third kappa shape index (κ3) is 2.54. The Hall–Kier alpha value is -1.24. The molecule has 0 saturated carbocycles. The van der Waals surface area contributed by atoms with Gasteiger partial charge in [-0.05, 0) is 6.92 Å². The van der Waals surface area contributed by atoms with E-state index in [9.17, 15) is 0 Å². The maximum Gasteiger partial charge on any atom is 0.322 e. The van der Waals surface area contributed by atoms with Crippen molar-refractivity contribution in [3.63, 3.8) is 0 Å². The number of aromatic nitrogens is 3. The lowest BCUT2D eigenvalue weighted by Crippen LogP contribution is -2.45. The zero-order valence-corrected chi connectivity index (χ0v) is 11.1. The van der Waals surface area contributed by atoms with E-state index in [0.29, 0.717) is 17.2 Å². The van der Waals surface area contributed by atoms with E-state index in [1.165, 1.54) is 7.11 Å². The number of methoxy groups -OCH3 is 1. The normalized spacial score (nSPS) is 24.8. The molecule has 2 rings (SSSR count). The summed E-state index contributed by atoms with van der Waals surface area (Å²) in [5, 5.41) is 0.549. The minimum Gasteiger partial charge on any atom is -0.467 e. The van der Waals surface area contributed by atoms with Crippen molar-refractivity contribution in [2.45, 2.75) is 25.1 Å². The van der Waals surface area contributed by atoms with Gasteiger partial charge in [0.2, 0.25) is 11.9 Å².